The summed E-state index contributed by atoms with van der Waals surface area (Å²) in [5, 5.41) is 6.07. The van der Waals surface area contributed by atoms with Crippen LogP contribution < -0.4 is 5.32 Å². The number of nitrogens with zero attached hydrogens (tertiary/aromatic N) is 3. The average molecular weight is 527 g/mol. The van der Waals surface area contributed by atoms with E-state index in [1.807, 2.05) is 25.1 Å². The molecule has 0 saturated carbocycles. The van der Waals surface area contributed by atoms with Crippen molar-refractivity contribution < 1.29 is 27.6 Å². The van der Waals surface area contributed by atoms with E-state index in [2.05, 4.69) is 10.4 Å². The molecule has 1 saturated heterocycles. The fourth-order valence-electron chi connectivity index (χ4n) is 4.74. The Bertz CT molecular complexity index is 1280. The molecule has 0 bridgehead atoms. The summed E-state index contributed by atoms with van der Waals surface area (Å²) < 4.78 is 41.6. The number of nitrogens with one attached hydrogen (secondary N) is 1. The Labute approximate surface area is 218 Å². The summed E-state index contributed by atoms with van der Waals surface area (Å²) in [6, 6.07) is 17.1. The van der Waals surface area contributed by atoms with Gasteiger partial charge in [0.1, 0.15) is 5.78 Å². The number of hydrogen-bond acceptors (Lipinski definition) is 4. The molecule has 2 heterocycles. The number of hydrogen-bond donors (Lipinski definition) is 1. The SMILES string of the molecule is CC1CC(C(=O)CCCNC(=O)c2cn(-c3ccccc3)nc2C(F)(F)F)CCN1C(=O)c1ccccc1. The van der Waals surface area contributed by atoms with Gasteiger partial charge in [-0.1, -0.05) is 36.4 Å². The number of carbonyl (C=O) groups is 3. The molecule has 1 fully saturated rings. The summed E-state index contributed by atoms with van der Waals surface area (Å²) >= 11 is 0. The van der Waals surface area contributed by atoms with E-state index in [-0.39, 0.29) is 36.6 Å². The predicted octanol–water partition coefficient (Wildman–Crippen LogP) is 4.91. The van der Waals surface area contributed by atoms with Crippen molar-refractivity contribution in [3.63, 3.8) is 0 Å². The number of alkyl halides is 3. The first-order valence-electron chi connectivity index (χ1n) is 12.5. The molecular formula is C28H29F3N4O3. The van der Waals surface area contributed by atoms with Gasteiger partial charge < -0.3 is 10.2 Å². The number of amides is 2. The summed E-state index contributed by atoms with van der Waals surface area (Å²) in [4.78, 5) is 39.9. The molecule has 7 nitrogen and oxygen atoms in total. The Morgan fingerprint density at radius 1 is 1.03 bits per heavy atom. The Morgan fingerprint density at radius 3 is 2.32 bits per heavy atom. The average Bonchev–Trinajstić information content (AvgIpc) is 3.38. The van der Waals surface area contributed by atoms with Gasteiger partial charge >= 0.3 is 6.18 Å². The zero-order valence-electron chi connectivity index (χ0n) is 20.9. The Hall–Kier alpha value is -3.95. The molecule has 0 spiro atoms. The van der Waals surface area contributed by atoms with Gasteiger partial charge in [0.2, 0.25) is 0 Å². The monoisotopic (exact) mass is 526 g/mol. The Morgan fingerprint density at radius 2 is 1.68 bits per heavy atom. The molecule has 1 N–H and O–H groups in total. The van der Waals surface area contributed by atoms with Crippen LogP contribution in [0.4, 0.5) is 13.2 Å². The molecule has 4 rings (SSSR count). The van der Waals surface area contributed by atoms with E-state index in [0.29, 0.717) is 37.1 Å². The normalized spacial score (nSPS) is 17.7. The van der Waals surface area contributed by atoms with Crippen molar-refractivity contribution in [2.45, 2.75) is 44.8 Å². The van der Waals surface area contributed by atoms with Gasteiger partial charge in [0, 0.05) is 43.2 Å². The third-order valence-electron chi connectivity index (χ3n) is 6.75. The minimum absolute atomic E-state index is 0.0331. The number of aromatic nitrogens is 2. The number of rotatable bonds is 8. The number of ketones is 1. The number of para-hydroxylation sites is 1. The first-order chi connectivity index (χ1) is 18.1. The number of carbonyl (C=O) groups excluding carboxylic acids is 3. The molecule has 1 aromatic heterocycles. The lowest BCUT2D eigenvalue weighted by Gasteiger charge is -2.37. The van der Waals surface area contributed by atoms with Crippen LogP contribution in [0.2, 0.25) is 0 Å². The second-order valence-electron chi connectivity index (χ2n) is 9.43. The van der Waals surface area contributed by atoms with E-state index < -0.39 is 23.3 Å². The number of benzene rings is 2. The summed E-state index contributed by atoms with van der Waals surface area (Å²) in [6.45, 7) is 2.46. The first kappa shape index (κ1) is 27.1. The van der Waals surface area contributed by atoms with Gasteiger partial charge in [0.15, 0.2) is 5.69 Å². The third kappa shape index (κ3) is 6.30. The van der Waals surface area contributed by atoms with Crippen LogP contribution in [0, 0.1) is 5.92 Å². The van der Waals surface area contributed by atoms with Gasteiger partial charge in [0.25, 0.3) is 11.8 Å². The molecule has 200 valence electrons. The smallest absolute Gasteiger partial charge is 0.352 e. The van der Waals surface area contributed by atoms with Gasteiger partial charge in [-0.2, -0.15) is 18.3 Å². The van der Waals surface area contributed by atoms with E-state index in [0.717, 1.165) is 10.9 Å². The zero-order chi connectivity index (χ0) is 27.3. The quantitative estimate of drug-likeness (QED) is 0.423. The molecule has 0 aliphatic carbocycles. The summed E-state index contributed by atoms with van der Waals surface area (Å²) in [6.07, 6.45) is -2.13. The van der Waals surface area contributed by atoms with Crippen LogP contribution in [0.3, 0.4) is 0 Å². The van der Waals surface area contributed by atoms with Crippen molar-refractivity contribution >= 4 is 17.6 Å². The van der Waals surface area contributed by atoms with E-state index >= 15 is 0 Å². The maximum absolute atomic E-state index is 13.5. The topological polar surface area (TPSA) is 84.3 Å². The summed E-state index contributed by atoms with van der Waals surface area (Å²) in [5.74, 6) is -1.11. The fraction of sp³-hybridized carbons (Fsp3) is 0.357. The molecule has 3 aromatic rings. The number of piperidine rings is 1. The standard InChI is InChI=1S/C28H29F3N4O3/c1-19-17-21(14-16-34(19)27(38)20-9-4-2-5-10-20)24(36)13-8-15-32-26(37)23-18-35(22-11-6-3-7-12-22)33-25(23)28(29,30)31/h2-7,9-12,18-19,21H,8,13-17H2,1H3,(H,32,37). The van der Waals surface area contributed by atoms with Gasteiger partial charge in [-0.3, -0.25) is 14.4 Å². The molecule has 2 atom stereocenters. The molecule has 2 aromatic carbocycles. The summed E-state index contributed by atoms with van der Waals surface area (Å²) in [5.41, 5.74) is -0.825. The van der Waals surface area contributed by atoms with Gasteiger partial charge in [0.05, 0.1) is 11.3 Å². The van der Waals surface area contributed by atoms with Crippen LogP contribution >= 0.6 is 0 Å². The highest BCUT2D eigenvalue weighted by Crippen LogP contribution is 2.31. The Balaban J connectivity index is 1.28. The van der Waals surface area contributed by atoms with Crippen LogP contribution in [0.1, 0.15) is 59.0 Å². The minimum Gasteiger partial charge on any atom is -0.352 e. The largest absolute Gasteiger partial charge is 0.435 e. The lowest BCUT2D eigenvalue weighted by Crippen LogP contribution is -2.46. The number of halogens is 3. The lowest BCUT2D eigenvalue weighted by molar-refractivity contribution is -0.141. The van der Waals surface area contributed by atoms with Crippen molar-refractivity contribution in [1.29, 1.82) is 0 Å². The minimum atomic E-state index is -4.80. The van der Waals surface area contributed by atoms with Gasteiger partial charge in [-0.05, 0) is 50.5 Å². The molecule has 0 radical (unpaired) electrons. The molecular weight excluding hydrogens is 497 g/mol. The molecule has 2 unspecified atom stereocenters. The molecule has 1 aliphatic heterocycles. The highest BCUT2D eigenvalue weighted by Gasteiger charge is 2.39. The van der Waals surface area contributed by atoms with Crippen LogP contribution in [0.15, 0.2) is 66.9 Å². The Kier molecular flexibility index (Phi) is 8.29. The van der Waals surface area contributed by atoms with Gasteiger partial charge in [-0.15, -0.1) is 0 Å². The third-order valence-corrected chi connectivity index (χ3v) is 6.75. The predicted molar refractivity (Wildman–Crippen MR) is 135 cm³/mol. The van der Waals surface area contributed by atoms with Crippen molar-refractivity contribution in [3.05, 3.63) is 83.7 Å². The number of Topliss-reactive ketones (excluding diaryl/α,β-unsaturated/α-hetero) is 1. The van der Waals surface area contributed by atoms with Crippen molar-refractivity contribution in [2.24, 2.45) is 5.92 Å². The van der Waals surface area contributed by atoms with E-state index in [4.69, 9.17) is 0 Å². The molecule has 2 amide bonds. The van der Waals surface area contributed by atoms with Crippen molar-refractivity contribution in [1.82, 2.24) is 20.0 Å². The highest BCUT2D eigenvalue weighted by atomic mass is 19.4. The fourth-order valence-corrected chi connectivity index (χ4v) is 4.74. The molecule has 1 aliphatic rings. The first-order valence-corrected chi connectivity index (χ1v) is 12.5. The maximum Gasteiger partial charge on any atom is 0.435 e. The van der Waals surface area contributed by atoms with Gasteiger partial charge in [-0.25, -0.2) is 4.68 Å². The van der Waals surface area contributed by atoms with Crippen LogP contribution in [0.5, 0.6) is 0 Å². The van der Waals surface area contributed by atoms with Crippen LogP contribution in [-0.4, -0.2) is 51.4 Å². The van der Waals surface area contributed by atoms with Crippen molar-refractivity contribution in [2.75, 3.05) is 13.1 Å². The van der Waals surface area contributed by atoms with Crippen molar-refractivity contribution in [3.8, 4) is 5.69 Å². The van der Waals surface area contributed by atoms with E-state index in [1.54, 1.807) is 47.4 Å². The van der Waals surface area contributed by atoms with Crippen LogP contribution in [0.25, 0.3) is 5.69 Å². The summed E-state index contributed by atoms with van der Waals surface area (Å²) in [7, 11) is 0. The lowest BCUT2D eigenvalue weighted by atomic mass is 9.86. The highest BCUT2D eigenvalue weighted by molar-refractivity contribution is 5.95. The maximum atomic E-state index is 13.5. The number of likely N-dealkylation sites (tertiary alicyclic amines) is 1. The van der Waals surface area contributed by atoms with Crippen LogP contribution in [-0.2, 0) is 11.0 Å². The second-order valence-corrected chi connectivity index (χ2v) is 9.43. The van der Waals surface area contributed by atoms with E-state index in [9.17, 15) is 27.6 Å². The molecule has 38 heavy (non-hydrogen) atoms. The molecule has 10 heteroatoms. The second kappa shape index (κ2) is 11.6. The van der Waals surface area contributed by atoms with E-state index in [1.165, 1.54) is 0 Å². The zero-order valence-corrected chi connectivity index (χ0v) is 20.9.